The normalized spacial score (nSPS) is 30.5. The average molecular weight is 174 g/mol. The van der Waals surface area contributed by atoms with E-state index in [-0.39, 0.29) is 15.9 Å². The lowest BCUT2D eigenvalue weighted by atomic mass is 10.1. The van der Waals surface area contributed by atoms with Crippen LogP contribution in [0, 0.1) is 0 Å². The Balaban J connectivity index is 2.13. The van der Waals surface area contributed by atoms with Crippen LogP contribution in [-0.4, -0.2) is 27.1 Å². The highest BCUT2D eigenvalue weighted by Gasteiger charge is 2.16. The molecule has 2 nitrogen and oxygen atoms in total. The largest absolute Gasteiger partial charge is 0.421 e. The molecule has 0 radical (unpaired) electrons. The summed E-state index contributed by atoms with van der Waals surface area (Å²) in [6.07, 6.45) is 4.49. The monoisotopic (exact) mass is 174 g/mol. The SMILES string of the molecule is CCC(O)CC1CCC[SiH2]O1. The van der Waals surface area contributed by atoms with Gasteiger partial charge in [0.25, 0.3) is 0 Å². The highest BCUT2D eigenvalue weighted by molar-refractivity contribution is 6.27. The molecule has 0 aromatic carbocycles. The summed E-state index contributed by atoms with van der Waals surface area (Å²) in [5.74, 6) is 0. The summed E-state index contributed by atoms with van der Waals surface area (Å²) >= 11 is 0. The van der Waals surface area contributed by atoms with Gasteiger partial charge in [-0.2, -0.15) is 0 Å². The van der Waals surface area contributed by atoms with Crippen molar-refractivity contribution in [1.82, 2.24) is 0 Å². The minimum absolute atomic E-state index is 0.132. The Morgan fingerprint density at radius 3 is 3.09 bits per heavy atom. The third-order valence-electron chi connectivity index (χ3n) is 2.28. The van der Waals surface area contributed by atoms with Crippen LogP contribution in [0.1, 0.15) is 32.6 Å². The predicted octanol–water partition coefficient (Wildman–Crippen LogP) is 0.828. The van der Waals surface area contributed by atoms with Gasteiger partial charge < -0.3 is 9.53 Å². The van der Waals surface area contributed by atoms with Crippen molar-refractivity contribution in [3.63, 3.8) is 0 Å². The Morgan fingerprint density at radius 1 is 1.73 bits per heavy atom. The molecule has 0 bridgehead atoms. The van der Waals surface area contributed by atoms with E-state index in [1.54, 1.807) is 0 Å². The van der Waals surface area contributed by atoms with Crippen molar-refractivity contribution < 1.29 is 9.53 Å². The van der Waals surface area contributed by atoms with Crippen LogP contribution in [0.5, 0.6) is 0 Å². The molecule has 0 aliphatic carbocycles. The predicted molar refractivity (Wildman–Crippen MR) is 48.4 cm³/mol. The van der Waals surface area contributed by atoms with Crippen LogP contribution in [0.2, 0.25) is 6.04 Å². The fraction of sp³-hybridized carbons (Fsp3) is 1.00. The van der Waals surface area contributed by atoms with Gasteiger partial charge in [-0.25, -0.2) is 0 Å². The van der Waals surface area contributed by atoms with Gasteiger partial charge in [0, 0.05) is 6.10 Å². The number of hydrogen-bond acceptors (Lipinski definition) is 2. The van der Waals surface area contributed by atoms with Crippen molar-refractivity contribution in [3.05, 3.63) is 0 Å². The van der Waals surface area contributed by atoms with E-state index >= 15 is 0 Å². The van der Waals surface area contributed by atoms with Gasteiger partial charge in [0.2, 0.25) is 0 Å². The van der Waals surface area contributed by atoms with Gasteiger partial charge in [-0.3, -0.25) is 0 Å². The van der Waals surface area contributed by atoms with E-state index < -0.39 is 0 Å². The molecule has 0 saturated carbocycles. The molecule has 1 fully saturated rings. The van der Waals surface area contributed by atoms with E-state index in [0.717, 1.165) is 12.8 Å². The zero-order chi connectivity index (χ0) is 8.10. The standard InChI is InChI=1S/C8H18O2Si/c1-2-7(9)6-8-4-3-5-11-10-8/h7-9H,2-6,11H2,1H3. The first kappa shape index (κ1) is 9.23. The van der Waals surface area contributed by atoms with E-state index in [9.17, 15) is 5.11 Å². The molecule has 2 atom stereocenters. The van der Waals surface area contributed by atoms with Crippen molar-refractivity contribution in [2.24, 2.45) is 0 Å². The van der Waals surface area contributed by atoms with Gasteiger partial charge in [0.15, 0.2) is 9.76 Å². The van der Waals surface area contributed by atoms with Gasteiger partial charge >= 0.3 is 0 Å². The van der Waals surface area contributed by atoms with Crippen LogP contribution in [0.4, 0.5) is 0 Å². The maximum atomic E-state index is 9.35. The van der Waals surface area contributed by atoms with Gasteiger partial charge in [-0.05, 0) is 25.3 Å². The summed E-state index contributed by atoms with van der Waals surface area (Å²) in [4.78, 5) is 0. The molecule has 11 heavy (non-hydrogen) atoms. The minimum atomic E-state index is -0.201. The highest BCUT2D eigenvalue weighted by atomic mass is 28.2. The second kappa shape index (κ2) is 4.90. The van der Waals surface area contributed by atoms with Crippen LogP contribution in [0.3, 0.4) is 0 Å². The second-order valence-electron chi connectivity index (χ2n) is 3.29. The van der Waals surface area contributed by atoms with Gasteiger partial charge in [0.1, 0.15) is 0 Å². The number of aliphatic hydroxyl groups is 1. The first-order valence-corrected chi connectivity index (χ1v) is 6.20. The topological polar surface area (TPSA) is 29.5 Å². The smallest absolute Gasteiger partial charge is 0.161 e. The molecule has 0 aromatic rings. The number of hydrogen-bond donors (Lipinski definition) is 1. The second-order valence-corrected chi connectivity index (χ2v) is 4.74. The van der Waals surface area contributed by atoms with E-state index in [1.807, 2.05) is 6.92 Å². The fourth-order valence-corrected chi connectivity index (χ4v) is 2.76. The minimum Gasteiger partial charge on any atom is -0.421 e. The van der Waals surface area contributed by atoms with Gasteiger partial charge in [-0.1, -0.05) is 13.3 Å². The lowest BCUT2D eigenvalue weighted by molar-refractivity contribution is 0.0830. The highest BCUT2D eigenvalue weighted by Crippen LogP contribution is 2.17. The summed E-state index contributed by atoms with van der Waals surface area (Å²) in [6.45, 7) is 2.02. The summed E-state index contributed by atoms with van der Waals surface area (Å²) in [5, 5.41) is 9.35. The quantitative estimate of drug-likeness (QED) is 0.642. The molecular weight excluding hydrogens is 156 g/mol. The molecule has 1 saturated heterocycles. The third-order valence-corrected chi connectivity index (χ3v) is 3.78. The summed E-state index contributed by atoms with van der Waals surface area (Å²) in [5.41, 5.74) is 0. The van der Waals surface area contributed by atoms with Crippen LogP contribution in [-0.2, 0) is 4.43 Å². The average Bonchev–Trinajstić information content (AvgIpc) is 2.06. The van der Waals surface area contributed by atoms with Crippen LogP contribution < -0.4 is 0 Å². The van der Waals surface area contributed by atoms with Crippen LogP contribution >= 0.6 is 0 Å². The molecular formula is C8H18O2Si. The molecule has 1 N–H and O–H groups in total. The molecule has 0 aromatic heterocycles. The maximum Gasteiger partial charge on any atom is 0.161 e. The van der Waals surface area contributed by atoms with Crippen molar-refractivity contribution in [3.8, 4) is 0 Å². The van der Waals surface area contributed by atoms with Crippen molar-refractivity contribution >= 4 is 9.76 Å². The molecule has 3 heteroatoms. The van der Waals surface area contributed by atoms with Crippen molar-refractivity contribution in [1.29, 1.82) is 0 Å². The van der Waals surface area contributed by atoms with E-state index in [0.29, 0.717) is 6.10 Å². The number of aliphatic hydroxyl groups excluding tert-OH is 1. The molecule has 0 amide bonds. The molecule has 1 rings (SSSR count). The third kappa shape index (κ3) is 3.36. The Labute approximate surface area is 70.9 Å². The Morgan fingerprint density at radius 2 is 2.55 bits per heavy atom. The lowest BCUT2D eigenvalue weighted by Gasteiger charge is -2.24. The number of rotatable bonds is 3. The summed E-state index contributed by atoms with van der Waals surface area (Å²) in [7, 11) is -0.201. The molecule has 66 valence electrons. The molecule has 1 aliphatic rings. The maximum absolute atomic E-state index is 9.35. The summed E-state index contributed by atoms with van der Waals surface area (Å²) in [6, 6.07) is 1.33. The van der Waals surface area contributed by atoms with Crippen molar-refractivity contribution in [2.45, 2.75) is 50.9 Å². The van der Waals surface area contributed by atoms with Crippen molar-refractivity contribution in [2.75, 3.05) is 0 Å². The first-order chi connectivity index (χ1) is 5.33. The van der Waals surface area contributed by atoms with Gasteiger partial charge in [-0.15, -0.1) is 0 Å². The van der Waals surface area contributed by atoms with E-state index in [1.165, 1.54) is 18.9 Å². The van der Waals surface area contributed by atoms with E-state index in [2.05, 4.69) is 0 Å². The Bertz CT molecular complexity index is 102. The Kier molecular flexibility index (Phi) is 4.11. The Hall–Kier alpha value is 0.137. The lowest BCUT2D eigenvalue weighted by Crippen LogP contribution is -2.25. The van der Waals surface area contributed by atoms with E-state index in [4.69, 9.17) is 4.43 Å². The first-order valence-electron chi connectivity index (χ1n) is 4.62. The zero-order valence-corrected chi connectivity index (χ0v) is 8.67. The molecule has 1 heterocycles. The van der Waals surface area contributed by atoms with Gasteiger partial charge in [0.05, 0.1) is 6.10 Å². The zero-order valence-electron chi connectivity index (χ0n) is 7.25. The fourth-order valence-electron chi connectivity index (χ4n) is 1.46. The molecule has 1 aliphatic heterocycles. The van der Waals surface area contributed by atoms with Crippen LogP contribution in [0.15, 0.2) is 0 Å². The van der Waals surface area contributed by atoms with Crippen LogP contribution in [0.25, 0.3) is 0 Å². The molecule has 2 unspecified atom stereocenters. The summed E-state index contributed by atoms with van der Waals surface area (Å²) < 4.78 is 5.63. The molecule has 0 spiro atoms.